The van der Waals surface area contributed by atoms with Crippen molar-refractivity contribution in [2.45, 2.75) is 13.3 Å². The molecule has 0 aliphatic heterocycles. The molecule has 0 heterocycles. The molecule has 1 aromatic rings. The van der Waals surface area contributed by atoms with Gasteiger partial charge in [-0.25, -0.2) is 0 Å². The van der Waals surface area contributed by atoms with Gasteiger partial charge in [0.1, 0.15) is 6.07 Å². The van der Waals surface area contributed by atoms with Gasteiger partial charge in [-0.05, 0) is 24.6 Å². The number of anilines is 1. The lowest BCUT2D eigenvalue weighted by atomic mass is 10.2. The molecule has 96 valence electrons. The average molecular weight is 310 g/mol. The molecule has 0 spiro atoms. The fraction of sp³-hybridized carbons (Fsp3) is 0.385. The molecule has 0 atom stereocenters. The van der Waals surface area contributed by atoms with Gasteiger partial charge in [0, 0.05) is 18.1 Å². The Balaban J connectivity index is 2.78. The normalized spacial score (nSPS) is 9.67. The van der Waals surface area contributed by atoms with E-state index in [-0.39, 0.29) is 12.5 Å². The number of likely N-dealkylation sites (N-methyl/N-ethyl adjacent to an activating group) is 1. The standard InChI is InChI=1S/C13H16BrN3O/c1-3-6-16-13(18)9-17(2)12-7-11(14)5-4-10(12)8-15/h4-5,7H,3,6,9H2,1-2H3,(H,16,18). The minimum atomic E-state index is -0.0387. The summed E-state index contributed by atoms with van der Waals surface area (Å²) >= 11 is 3.37. The van der Waals surface area contributed by atoms with E-state index < -0.39 is 0 Å². The molecule has 0 saturated heterocycles. The number of benzene rings is 1. The molecule has 0 radical (unpaired) electrons. The molecule has 1 rings (SSSR count). The number of hydrogen-bond donors (Lipinski definition) is 1. The first kappa shape index (κ1) is 14.5. The van der Waals surface area contributed by atoms with Gasteiger partial charge in [-0.1, -0.05) is 22.9 Å². The van der Waals surface area contributed by atoms with Crippen LogP contribution in [0.3, 0.4) is 0 Å². The predicted octanol–water partition coefficient (Wildman–Crippen LogP) is 2.28. The van der Waals surface area contributed by atoms with Crippen LogP contribution in [0.15, 0.2) is 22.7 Å². The number of nitrogens with zero attached hydrogens (tertiary/aromatic N) is 2. The molecule has 0 unspecified atom stereocenters. The van der Waals surface area contributed by atoms with E-state index in [4.69, 9.17) is 5.26 Å². The van der Waals surface area contributed by atoms with E-state index in [0.717, 1.165) is 16.6 Å². The van der Waals surface area contributed by atoms with E-state index in [0.29, 0.717) is 12.1 Å². The van der Waals surface area contributed by atoms with Gasteiger partial charge in [0.05, 0.1) is 17.8 Å². The SMILES string of the molecule is CCCNC(=O)CN(C)c1cc(Br)ccc1C#N. The van der Waals surface area contributed by atoms with Gasteiger partial charge in [-0.3, -0.25) is 4.79 Å². The van der Waals surface area contributed by atoms with Gasteiger partial charge in [0.15, 0.2) is 0 Å². The Morgan fingerprint density at radius 3 is 2.89 bits per heavy atom. The summed E-state index contributed by atoms with van der Waals surface area (Å²) in [5.74, 6) is -0.0387. The van der Waals surface area contributed by atoms with E-state index in [2.05, 4.69) is 27.3 Å². The highest BCUT2D eigenvalue weighted by Gasteiger charge is 2.11. The summed E-state index contributed by atoms with van der Waals surface area (Å²) in [5, 5.41) is 11.9. The van der Waals surface area contributed by atoms with Crippen molar-refractivity contribution in [1.29, 1.82) is 5.26 Å². The van der Waals surface area contributed by atoms with Crippen LogP contribution in [0.1, 0.15) is 18.9 Å². The Hall–Kier alpha value is -1.54. The van der Waals surface area contributed by atoms with Crippen molar-refractivity contribution in [2.24, 2.45) is 0 Å². The minimum Gasteiger partial charge on any atom is -0.364 e. The zero-order chi connectivity index (χ0) is 13.5. The maximum absolute atomic E-state index is 11.6. The second kappa shape index (κ2) is 7.02. The molecular formula is C13H16BrN3O. The molecular weight excluding hydrogens is 294 g/mol. The van der Waals surface area contributed by atoms with Crippen molar-refractivity contribution < 1.29 is 4.79 Å². The maximum Gasteiger partial charge on any atom is 0.239 e. The molecule has 0 aliphatic rings. The van der Waals surface area contributed by atoms with Gasteiger partial charge >= 0.3 is 0 Å². The molecule has 0 aromatic heterocycles. The van der Waals surface area contributed by atoms with E-state index in [9.17, 15) is 4.79 Å². The smallest absolute Gasteiger partial charge is 0.239 e. The summed E-state index contributed by atoms with van der Waals surface area (Å²) in [6.07, 6.45) is 0.912. The number of amides is 1. The van der Waals surface area contributed by atoms with E-state index >= 15 is 0 Å². The van der Waals surface area contributed by atoms with Crippen LogP contribution in [0.4, 0.5) is 5.69 Å². The first-order valence-corrected chi connectivity index (χ1v) is 6.55. The van der Waals surface area contributed by atoms with E-state index in [1.54, 1.807) is 18.0 Å². The molecule has 0 saturated carbocycles. The lowest BCUT2D eigenvalue weighted by Crippen LogP contribution is -2.35. The van der Waals surface area contributed by atoms with Crippen molar-refractivity contribution >= 4 is 27.5 Å². The molecule has 0 bridgehead atoms. The third-order valence-electron chi connectivity index (χ3n) is 2.44. The van der Waals surface area contributed by atoms with Gasteiger partial charge in [0.25, 0.3) is 0 Å². The zero-order valence-corrected chi connectivity index (χ0v) is 12.1. The highest BCUT2D eigenvalue weighted by atomic mass is 79.9. The zero-order valence-electron chi connectivity index (χ0n) is 10.5. The topological polar surface area (TPSA) is 56.1 Å². The van der Waals surface area contributed by atoms with Gasteiger partial charge in [-0.2, -0.15) is 5.26 Å². The average Bonchev–Trinajstić information content (AvgIpc) is 2.36. The highest BCUT2D eigenvalue weighted by molar-refractivity contribution is 9.10. The second-order valence-corrected chi connectivity index (χ2v) is 4.89. The van der Waals surface area contributed by atoms with Crippen molar-refractivity contribution in [2.75, 3.05) is 25.0 Å². The molecule has 1 amide bonds. The van der Waals surface area contributed by atoms with E-state index in [1.165, 1.54) is 0 Å². The minimum absolute atomic E-state index is 0.0387. The predicted molar refractivity (Wildman–Crippen MR) is 75.4 cm³/mol. The summed E-state index contributed by atoms with van der Waals surface area (Å²) in [6.45, 7) is 2.92. The Kier molecular flexibility index (Phi) is 5.66. The molecule has 1 N–H and O–H groups in total. The lowest BCUT2D eigenvalue weighted by Gasteiger charge is -2.20. The largest absolute Gasteiger partial charge is 0.364 e. The Labute approximate surface area is 116 Å². The van der Waals surface area contributed by atoms with Crippen molar-refractivity contribution in [3.63, 3.8) is 0 Å². The summed E-state index contributed by atoms with van der Waals surface area (Å²) in [5.41, 5.74) is 1.31. The number of halogens is 1. The number of nitrogens with one attached hydrogen (secondary N) is 1. The van der Waals surface area contributed by atoms with Crippen LogP contribution in [0, 0.1) is 11.3 Å². The monoisotopic (exact) mass is 309 g/mol. The van der Waals surface area contributed by atoms with Crippen LogP contribution in [-0.4, -0.2) is 26.0 Å². The first-order valence-electron chi connectivity index (χ1n) is 5.76. The number of nitriles is 1. The van der Waals surface area contributed by atoms with Crippen LogP contribution in [0.5, 0.6) is 0 Å². The van der Waals surface area contributed by atoms with E-state index in [1.807, 2.05) is 19.1 Å². The number of hydrogen-bond acceptors (Lipinski definition) is 3. The quantitative estimate of drug-likeness (QED) is 0.908. The van der Waals surface area contributed by atoms with Crippen LogP contribution in [-0.2, 0) is 4.79 Å². The fourth-order valence-corrected chi connectivity index (χ4v) is 1.89. The lowest BCUT2D eigenvalue weighted by molar-refractivity contribution is -0.119. The Morgan fingerprint density at radius 1 is 1.56 bits per heavy atom. The molecule has 1 aromatic carbocycles. The fourth-order valence-electron chi connectivity index (χ4n) is 1.54. The molecule has 0 aliphatic carbocycles. The maximum atomic E-state index is 11.6. The van der Waals surface area contributed by atoms with Gasteiger partial charge < -0.3 is 10.2 Å². The molecule has 5 heteroatoms. The third-order valence-corrected chi connectivity index (χ3v) is 2.94. The summed E-state index contributed by atoms with van der Waals surface area (Å²) < 4.78 is 0.886. The van der Waals surface area contributed by atoms with Gasteiger partial charge in [0.2, 0.25) is 5.91 Å². The van der Waals surface area contributed by atoms with Crippen molar-refractivity contribution in [1.82, 2.24) is 5.32 Å². The number of carbonyl (C=O) groups excluding carboxylic acids is 1. The Morgan fingerprint density at radius 2 is 2.28 bits per heavy atom. The number of rotatable bonds is 5. The van der Waals surface area contributed by atoms with Crippen LogP contribution >= 0.6 is 15.9 Å². The highest BCUT2D eigenvalue weighted by Crippen LogP contribution is 2.23. The van der Waals surface area contributed by atoms with Gasteiger partial charge in [-0.15, -0.1) is 0 Å². The second-order valence-electron chi connectivity index (χ2n) is 3.98. The third kappa shape index (κ3) is 4.04. The summed E-state index contributed by atoms with van der Waals surface area (Å²) in [4.78, 5) is 13.4. The van der Waals surface area contributed by atoms with Crippen molar-refractivity contribution in [3.8, 4) is 6.07 Å². The summed E-state index contributed by atoms with van der Waals surface area (Å²) in [6, 6.07) is 7.51. The van der Waals surface area contributed by atoms with Crippen LogP contribution < -0.4 is 10.2 Å². The molecule has 18 heavy (non-hydrogen) atoms. The summed E-state index contributed by atoms with van der Waals surface area (Å²) in [7, 11) is 1.80. The van der Waals surface area contributed by atoms with Crippen LogP contribution in [0.25, 0.3) is 0 Å². The molecule has 4 nitrogen and oxygen atoms in total. The number of carbonyl (C=O) groups is 1. The Bertz CT molecular complexity index is 468. The first-order chi connectivity index (χ1) is 8.58. The molecule has 0 fully saturated rings. The van der Waals surface area contributed by atoms with Crippen LogP contribution in [0.2, 0.25) is 0 Å². The van der Waals surface area contributed by atoms with Crippen molar-refractivity contribution in [3.05, 3.63) is 28.2 Å².